The number of nitrogens with zero attached hydrogens (tertiary/aromatic N) is 1. The van der Waals surface area contributed by atoms with E-state index in [-0.39, 0.29) is 13.8 Å². The van der Waals surface area contributed by atoms with Gasteiger partial charge in [0, 0.05) is 10.6 Å². The molecule has 3 rings (SSSR count). The number of fused-ring (bicyclic) bond motifs is 1. The van der Waals surface area contributed by atoms with Gasteiger partial charge in [-0.15, -0.1) is 0 Å². The second kappa shape index (κ2) is 5.97. The van der Waals surface area contributed by atoms with Gasteiger partial charge in [-0.1, -0.05) is 25.1 Å². The molecule has 0 atom stereocenters. The van der Waals surface area contributed by atoms with Gasteiger partial charge in [-0.2, -0.15) is 0 Å². The largest absolute Gasteiger partial charge is 0.481 e. The van der Waals surface area contributed by atoms with Crippen molar-refractivity contribution in [2.45, 2.75) is 13.8 Å². The number of aromatic nitrogens is 1. The van der Waals surface area contributed by atoms with Crippen LogP contribution < -0.4 is 0 Å². The molecule has 108 valence electrons. The predicted molar refractivity (Wildman–Crippen MR) is 82.5 cm³/mol. The number of benzene rings is 2. The first kappa shape index (κ1) is 15.1. The molecule has 5 heteroatoms. The lowest BCUT2D eigenvalue weighted by molar-refractivity contribution is -0.136. The zero-order valence-electron chi connectivity index (χ0n) is 10.3. The van der Waals surface area contributed by atoms with Crippen LogP contribution >= 0.6 is 11.6 Å². The molecule has 4 nitrogen and oxygen atoms in total. The topological polar surface area (TPSA) is 63.3 Å². The van der Waals surface area contributed by atoms with Crippen LogP contribution in [0.15, 0.2) is 46.9 Å². The van der Waals surface area contributed by atoms with E-state index in [0.717, 1.165) is 5.56 Å². The third kappa shape index (κ3) is 3.23. The van der Waals surface area contributed by atoms with Crippen LogP contribution in [-0.2, 0) is 11.2 Å². The van der Waals surface area contributed by atoms with Crippen molar-refractivity contribution in [3.8, 4) is 11.5 Å². The van der Waals surface area contributed by atoms with Crippen LogP contribution in [0.4, 0.5) is 0 Å². The van der Waals surface area contributed by atoms with Gasteiger partial charge in [0.05, 0.1) is 6.42 Å². The maximum absolute atomic E-state index is 10.7. The van der Waals surface area contributed by atoms with Crippen molar-refractivity contribution in [1.29, 1.82) is 0 Å². The molecule has 0 aliphatic rings. The minimum atomic E-state index is -0.873. The molecular weight excluding hydrogens is 290 g/mol. The monoisotopic (exact) mass is 303 g/mol. The number of carbonyl (C=O) groups is 1. The lowest BCUT2D eigenvalue weighted by Crippen LogP contribution is -1.99. The molecule has 0 radical (unpaired) electrons. The smallest absolute Gasteiger partial charge is 0.307 e. The molecule has 0 aliphatic carbocycles. The Balaban J connectivity index is 0.00000161. The molecule has 0 spiro atoms. The number of oxazole rings is 1. The van der Waals surface area contributed by atoms with Gasteiger partial charge >= 0.3 is 5.97 Å². The van der Waals surface area contributed by atoms with E-state index in [4.69, 9.17) is 21.1 Å². The van der Waals surface area contributed by atoms with E-state index < -0.39 is 5.97 Å². The van der Waals surface area contributed by atoms with E-state index in [0.29, 0.717) is 27.6 Å². The number of carboxylic acid groups (broad SMARTS) is 1. The Labute approximate surface area is 127 Å². The highest BCUT2D eigenvalue weighted by Crippen LogP contribution is 2.26. The summed E-state index contributed by atoms with van der Waals surface area (Å²) < 4.78 is 5.67. The molecule has 0 unspecified atom stereocenters. The van der Waals surface area contributed by atoms with E-state index in [2.05, 4.69) is 4.98 Å². The number of carboxylic acids is 1. The fourth-order valence-corrected chi connectivity index (χ4v) is 2.10. The summed E-state index contributed by atoms with van der Waals surface area (Å²) in [5.41, 5.74) is 2.78. The average molecular weight is 304 g/mol. The van der Waals surface area contributed by atoms with Crippen molar-refractivity contribution in [1.82, 2.24) is 4.98 Å². The van der Waals surface area contributed by atoms with Gasteiger partial charge in [0.2, 0.25) is 5.89 Å². The summed E-state index contributed by atoms with van der Waals surface area (Å²) in [5.74, 6) is -0.383. The highest BCUT2D eigenvalue weighted by atomic mass is 35.5. The SMILES string of the molecule is C.O=C(O)Cc1ccc2nc(-c3ccc(Cl)cc3)oc2c1. The van der Waals surface area contributed by atoms with Gasteiger partial charge < -0.3 is 9.52 Å². The number of rotatable bonds is 3. The average Bonchev–Trinajstić information content (AvgIpc) is 2.81. The van der Waals surface area contributed by atoms with E-state index >= 15 is 0 Å². The summed E-state index contributed by atoms with van der Waals surface area (Å²) in [6, 6.07) is 12.4. The molecule has 0 aliphatic heterocycles. The van der Waals surface area contributed by atoms with Gasteiger partial charge in [-0.05, 0) is 42.0 Å². The van der Waals surface area contributed by atoms with Crippen LogP contribution in [0, 0.1) is 0 Å². The Morgan fingerprint density at radius 1 is 1.19 bits per heavy atom. The summed E-state index contributed by atoms with van der Waals surface area (Å²) in [6.07, 6.45) is -0.0348. The predicted octanol–water partition coefficient (Wildman–Crippen LogP) is 4.41. The number of hydrogen-bond donors (Lipinski definition) is 1. The highest BCUT2D eigenvalue weighted by molar-refractivity contribution is 6.30. The van der Waals surface area contributed by atoms with E-state index in [1.54, 1.807) is 30.3 Å². The van der Waals surface area contributed by atoms with Gasteiger partial charge in [0.1, 0.15) is 5.52 Å². The van der Waals surface area contributed by atoms with Crippen LogP contribution in [0.5, 0.6) is 0 Å². The first-order valence-electron chi connectivity index (χ1n) is 5.99. The zero-order valence-corrected chi connectivity index (χ0v) is 11.1. The minimum Gasteiger partial charge on any atom is -0.481 e. The minimum absolute atomic E-state index is 0. The Morgan fingerprint density at radius 2 is 1.90 bits per heavy atom. The quantitative estimate of drug-likeness (QED) is 0.778. The molecule has 1 N–H and O–H groups in total. The molecule has 0 amide bonds. The Bertz CT molecular complexity index is 778. The van der Waals surface area contributed by atoms with Crippen molar-refractivity contribution in [3.63, 3.8) is 0 Å². The summed E-state index contributed by atoms with van der Waals surface area (Å²) in [4.78, 5) is 15.1. The van der Waals surface area contributed by atoms with Crippen molar-refractivity contribution in [2.75, 3.05) is 0 Å². The Morgan fingerprint density at radius 3 is 2.57 bits per heavy atom. The summed E-state index contributed by atoms with van der Waals surface area (Å²) in [6.45, 7) is 0. The first-order valence-corrected chi connectivity index (χ1v) is 6.37. The number of hydrogen-bond acceptors (Lipinski definition) is 3. The Kier molecular flexibility index (Phi) is 4.29. The number of aliphatic carboxylic acids is 1. The van der Waals surface area contributed by atoms with Gasteiger partial charge in [-0.25, -0.2) is 4.98 Å². The molecule has 1 heterocycles. The number of halogens is 1. The van der Waals surface area contributed by atoms with Gasteiger partial charge in [-0.3, -0.25) is 4.79 Å². The third-order valence-electron chi connectivity index (χ3n) is 2.90. The molecule has 0 saturated carbocycles. The second-order valence-electron chi connectivity index (χ2n) is 4.40. The highest BCUT2D eigenvalue weighted by Gasteiger charge is 2.09. The normalized spacial score (nSPS) is 10.3. The standard InChI is InChI=1S/C15H10ClNO3.CH4/c16-11-4-2-10(3-5-11)15-17-12-6-1-9(8-14(18)19)7-13(12)20-15;/h1-7H,8H2,(H,18,19);1H4. The van der Waals surface area contributed by atoms with Gasteiger partial charge in [0.15, 0.2) is 5.58 Å². The molecule has 0 fully saturated rings. The van der Waals surface area contributed by atoms with E-state index in [9.17, 15) is 4.79 Å². The summed E-state index contributed by atoms with van der Waals surface area (Å²) in [7, 11) is 0. The van der Waals surface area contributed by atoms with Crippen LogP contribution in [-0.4, -0.2) is 16.1 Å². The van der Waals surface area contributed by atoms with Crippen LogP contribution in [0.3, 0.4) is 0 Å². The molecule has 21 heavy (non-hydrogen) atoms. The molecule has 0 saturated heterocycles. The maximum atomic E-state index is 10.7. The van der Waals surface area contributed by atoms with Crippen molar-refractivity contribution in [3.05, 3.63) is 53.1 Å². The zero-order chi connectivity index (χ0) is 14.1. The lowest BCUT2D eigenvalue weighted by Gasteiger charge is -1.95. The van der Waals surface area contributed by atoms with Crippen LogP contribution in [0.1, 0.15) is 13.0 Å². The fourth-order valence-electron chi connectivity index (χ4n) is 1.97. The second-order valence-corrected chi connectivity index (χ2v) is 4.83. The third-order valence-corrected chi connectivity index (χ3v) is 3.15. The maximum Gasteiger partial charge on any atom is 0.307 e. The van der Waals surface area contributed by atoms with Crippen LogP contribution in [0.25, 0.3) is 22.6 Å². The van der Waals surface area contributed by atoms with Crippen molar-refractivity contribution >= 4 is 28.7 Å². The lowest BCUT2D eigenvalue weighted by atomic mass is 10.1. The summed E-state index contributed by atoms with van der Waals surface area (Å²) >= 11 is 5.84. The fraction of sp³-hybridized carbons (Fsp3) is 0.125. The van der Waals surface area contributed by atoms with E-state index in [1.807, 2.05) is 12.1 Å². The Hall–Kier alpha value is -2.33. The molecule has 3 aromatic rings. The molecular formula is C16H14ClNO3. The molecule has 0 bridgehead atoms. The van der Waals surface area contributed by atoms with Crippen LogP contribution in [0.2, 0.25) is 5.02 Å². The van der Waals surface area contributed by atoms with E-state index in [1.165, 1.54) is 0 Å². The van der Waals surface area contributed by atoms with Crippen molar-refractivity contribution in [2.24, 2.45) is 0 Å². The molecule has 1 aromatic heterocycles. The molecule has 2 aromatic carbocycles. The van der Waals surface area contributed by atoms with Gasteiger partial charge in [0.25, 0.3) is 0 Å². The summed E-state index contributed by atoms with van der Waals surface area (Å²) in [5, 5.41) is 9.44. The first-order chi connectivity index (χ1) is 9.61. The van der Waals surface area contributed by atoms with Crippen molar-refractivity contribution < 1.29 is 14.3 Å².